The lowest BCUT2D eigenvalue weighted by atomic mass is 10.2. The van der Waals surface area contributed by atoms with Gasteiger partial charge in [-0.3, -0.25) is 4.68 Å². The van der Waals surface area contributed by atoms with Crippen molar-refractivity contribution in [2.24, 2.45) is 0 Å². The summed E-state index contributed by atoms with van der Waals surface area (Å²) in [5, 5.41) is 7.54. The molecule has 1 aromatic heterocycles. The van der Waals surface area contributed by atoms with Gasteiger partial charge in [-0.2, -0.15) is 5.10 Å². The molecule has 0 aliphatic heterocycles. The lowest BCUT2D eigenvalue weighted by molar-refractivity contribution is 0.447. The number of benzene rings is 1. The predicted octanol–water partition coefficient (Wildman–Crippen LogP) is 3.89. The molecule has 0 aliphatic rings. The van der Waals surface area contributed by atoms with Crippen LogP contribution in [0.2, 0.25) is 5.02 Å². The van der Waals surface area contributed by atoms with Crippen molar-refractivity contribution >= 4 is 17.3 Å². The molecular weight excluding hydrogens is 291 g/mol. The highest BCUT2D eigenvalue weighted by Gasteiger charge is 2.14. The van der Waals surface area contributed by atoms with Gasteiger partial charge in [0.05, 0.1) is 23.0 Å². The van der Waals surface area contributed by atoms with Crippen molar-refractivity contribution in [2.45, 2.75) is 26.9 Å². The summed E-state index contributed by atoms with van der Waals surface area (Å²) in [5.41, 5.74) is 1.53. The molecule has 2 rings (SSSR count). The zero-order chi connectivity index (χ0) is 14.9. The van der Waals surface area contributed by atoms with Crippen LogP contribution in [0.3, 0.4) is 0 Å². The van der Waals surface area contributed by atoms with Crippen molar-refractivity contribution in [3.8, 4) is 0 Å². The minimum atomic E-state index is -1.48. The fourth-order valence-corrected chi connectivity index (χ4v) is 2.08. The summed E-state index contributed by atoms with van der Waals surface area (Å²) in [4.78, 5) is 0. The Hall–Kier alpha value is -1.69. The summed E-state index contributed by atoms with van der Waals surface area (Å²) in [7, 11) is 0. The highest BCUT2D eigenvalue weighted by molar-refractivity contribution is 6.31. The van der Waals surface area contributed by atoms with Crippen LogP contribution < -0.4 is 5.32 Å². The topological polar surface area (TPSA) is 29.9 Å². The standard InChI is InChI=1S/C13H13ClF3N3/c1-3-20-11(12(14)7(2)19-20)6-18-8-4-9(15)13(17)10(16)5-8/h4-5,18H,3,6H2,1-2H3. The maximum absolute atomic E-state index is 13.1. The SMILES string of the molecule is CCn1nc(C)c(Cl)c1CNc1cc(F)c(F)c(F)c1. The van der Waals surface area contributed by atoms with Crippen molar-refractivity contribution in [3.05, 3.63) is 46.0 Å². The average molecular weight is 304 g/mol. The maximum atomic E-state index is 13.1. The minimum absolute atomic E-state index is 0.138. The molecule has 0 aliphatic carbocycles. The van der Waals surface area contributed by atoms with Gasteiger partial charge in [-0.05, 0) is 13.8 Å². The molecule has 0 fully saturated rings. The van der Waals surface area contributed by atoms with E-state index in [4.69, 9.17) is 11.6 Å². The van der Waals surface area contributed by atoms with Crippen LogP contribution in [0.25, 0.3) is 0 Å². The number of nitrogens with zero attached hydrogens (tertiary/aromatic N) is 2. The molecule has 0 unspecified atom stereocenters. The molecule has 0 spiro atoms. The second kappa shape index (κ2) is 5.75. The Morgan fingerprint density at radius 2 is 1.85 bits per heavy atom. The van der Waals surface area contributed by atoms with E-state index >= 15 is 0 Å². The average Bonchev–Trinajstić information content (AvgIpc) is 2.69. The summed E-state index contributed by atoms with van der Waals surface area (Å²) in [6.45, 7) is 4.54. The van der Waals surface area contributed by atoms with Crippen molar-refractivity contribution in [1.82, 2.24) is 9.78 Å². The van der Waals surface area contributed by atoms with Gasteiger partial charge in [0.2, 0.25) is 0 Å². The Kier molecular flexibility index (Phi) is 4.23. The van der Waals surface area contributed by atoms with E-state index < -0.39 is 17.5 Å². The molecule has 108 valence electrons. The highest BCUT2D eigenvalue weighted by atomic mass is 35.5. The van der Waals surface area contributed by atoms with Crippen LogP contribution in [0, 0.1) is 24.4 Å². The second-order valence-electron chi connectivity index (χ2n) is 4.27. The molecular formula is C13H13ClF3N3. The number of hydrogen-bond acceptors (Lipinski definition) is 2. The third-order valence-electron chi connectivity index (χ3n) is 2.90. The van der Waals surface area contributed by atoms with Gasteiger partial charge in [0.25, 0.3) is 0 Å². The number of aryl methyl sites for hydroxylation is 2. The van der Waals surface area contributed by atoms with E-state index in [2.05, 4.69) is 10.4 Å². The summed E-state index contributed by atoms with van der Waals surface area (Å²) in [5.74, 6) is -3.96. The Labute approximate surface area is 119 Å². The van der Waals surface area contributed by atoms with Crippen LogP contribution in [0.4, 0.5) is 18.9 Å². The van der Waals surface area contributed by atoms with Crippen molar-refractivity contribution in [3.63, 3.8) is 0 Å². The molecule has 7 heteroatoms. The smallest absolute Gasteiger partial charge is 0.194 e. The fraction of sp³-hybridized carbons (Fsp3) is 0.308. The van der Waals surface area contributed by atoms with Crippen LogP contribution in [-0.4, -0.2) is 9.78 Å². The molecule has 1 aromatic carbocycles. The van der Waals surface area contributed by atoms with Gasteiger partial charge >= 0.3 is 0 Å². The quantitative estimate of drug-likeness (QED) is 0.868. The molecule has 1 heterocycles. The Bertz CT molecular complexity index is 617. The lowest BCUT2D eigenvalue weighted by Gasteiger charge is -2.09. The number of aromatic nitrogens is 2. The van der Waals surface area contributed by atoms with Gasteiger partial charge in [0, 0.05) is 24.4 Å². The molecule has 0 bridgehead atoms. The molecule has 20 heavy (non-hydrogen) atoms. The third-order valence-corrected chi connectivity index (χ3v) is 3.39. The van der Waals surface area contributed by atoms with E-state index in [1.165, 1.54) is 0 Å². The molecule has 3 nitrogen and oxygen atoms in total. The molecule has 1 N–H and O–H groups in total. The second-order valence-corrected chi connectivity index (χ2v) is 4.65. The molecule has 0 saturated carbocycles. The van der Waals surface area contributed by atoms with Crippen LogP contribution in [0.15, 0.2) is 12.1 Å². The van der Waals surface area contributed by atoms with Gasteiger partial charge in [-0.25, -0.2) is 13.2 Å². The fourth-order valence-electron chi connectivity index (χ4n) is 1.88. The van der Waals surface area contributed by atoms with Crippen LogP contribution in [-0.2, 0) is 13.1 Å². The van der Waals surface area contributed by atoms with Crippen molar-refractivity contribution < 1.29 is 13.2 Å². The number of nitrogens with one attached hydrogen (secondary N) is 1. The predicted molar refractivity (Wildman–Crippen MR) is 71.3 cm³/mol. The summed E-state index contributed by atoms with van der Waals surface area (Å²) >= 11 is 6.12. The van der Waals surface area contributed by atoms with E-state index in [9.17, 15) is 13.2 Å². The van der Waals surface area contributed by atoms with E-state index in [1.54, 1.807) is 11.6 Å². The monoisotopic (exact) mass is 303 g/mol. The normalized spacial score (nSPS) is 10.9. The van der Waals surface area contributed by atoms with E-state index in [1.807, 2.05) is 6.92 Å². The van der Waals surface area contributed by atoms with Crippen molar-refractivity contribution in [1.29, 1.82) is 0 Å². The molecule has 0 amide bonds. The zero-order valence-electron chi connectivity index (χ0n) is 11.0. The number of anilines is 1. The van der Waals surface area contributed by atoms with Gasteiger partial charge in [-0.15, -0.1) is 0 Å². The Balaban J connectivity index is 2.21. The number of hydrogen-bond donors (Lipinski definition) is 1. The van der Waals surface area contributed by atoms with Gasteiger partial charge in [-0.1, -0.05) is 11.6 Å². The van der Waals surface area contributed by atoms with Gasteiger partial charge < -0.3 is 5.32 Å². The van der Waals surface area contributed by atoms with E-state index in [-0.39, 0.29) is 12.2 Å². The maximum Gasteiger partial charge on any atom is 0.194 e. The van der Waals surface area contributed by atoms with Crippen LogP contribution >= 0.6 is 11.6 Å². The lowest BCUT2D eigenvalue weighted by Crippen LogP contribution is -2.09. The largest absolute Gasteiger partial charge is 0.379 e. The first kappa shape index (κ1) is 14.7. The first-order valence-electron chi connectivity index (χ1n) is 6.04. The first-order chi connectivity index (χ1) is 9.43. The molecule has 0 atom stereocenters. The Morgan fingerprint density at radius 1 is 1.25 bits per heavy atom. The molecule has 0 saturated heterocycles. The van der Waals surface area contributed by atoms with Gasteiger partial charge in [0.1, 0.15) is 0 Å². The summed E-state index contributed by atoms with van der Waals surface area (Å²) in [6.07, 6.45) is 0. The van der Waals surface area contributed by atoms with E-state index in [0.29, 0.717) is 23.0 Å². The molecule has 2 aromatic rings. The summed E-state index contributed by atoms with van der Waals surface area (Å²) < 4.78 is 40.7. The first-order valence-corrected chi connectivity index (χ1v) is 6.42. The third kappa shape index (κ3) is 2.75. The number of halogens is 4. The number of rotatable bonds is 4. The Morgan fingerprint density at radius 3 is 2.40 bits per heavy atom. The summed E-state index contributed by atoms with van der Waals surface area (Å²) in [6, 6.07) is 1.79. The van der Waals surface area contributed by atoms with E-state index in [0.717, 1.165) is 12.1 Å². The molecule has 0 radical (unpaired) electrons. The van der Waals surface area contributed by atoms with Crippen molar-refractivity contribution in [2.75, 3.05) is 5.32 Å². The zero-order valence-corrected chi connectivity index (χ0v) is 11.7. The minimum Gasteiger partial charge on any atom is -0.379 e. The van der Waals surface area contributed by atoms with Gasteiger partial charge in [0.15, 0.2) is 17.5 Å². The highest BCUT2D eigenvalue weighted by Crippen LogP contribution is 2.23. The van der Waals surface area contributed by atoms with Crippen LogP contribution in [0.5, 0.6) is 0 Å². The van der Waals surface area contributed by atoms with Crippen LogP contribution in [0.1, 0.15) is 18.3 Å².